The summed E-state index contributed by atoms with van der Waals surface area (Å²) in [5.41, 5.74) is 2.47. The molecule has 0 bridgehead atoms. The lowest BCUT2D eigenvalue weighted by atomic mass is 9.96. The van der Waals surface area contributed by atoms with Gasteiger partial charge in [-0.15, -0.1) is 11.3 Å². The van der Waals surface area contributed by atoms with E-state index in [1.807, 2.05) is 16.3 Å². The number of halogens is 2. The van der Waals surface area contributed by atoms with Crippen LogP contribution in [0.1, 0.15) is 18.9 Å². The Balaban J connectivity index is 1.94. The number of hydrogen-bond donors (Lipinski definition) is 0. The van der Waals surface area contributed by atoms with Gasteiger partial charge in [0.2, 0.25) is 5.43 Å². The first-order valence-electron chi connectivity index (χ1n) is 7.83. The van der Waals surface area contributed by atoms with Crippen molar-refractivity contribution in [3.05, 3.63) is 68.4 Å². The number of aryl methyl sites for hydroxylation is 1. The predicted octanol–water partition coefficient (Wildman–Crippen LogP) is 5.53. The first-order valence-corrected chi connectivity index (χ1v) is 9.09. The zero-order chi connectivity index (χ0) is 16.8. The van der Waals surface area contributed by atoms with Crippen molar-refractivity contribution in [1.82, 2.24) is 0 Å². The first kappa shape index (κ1) is 15.6. The molecule has 4 rings (SSSR count). The smallest absolute Gasteiger partial charge is 0.211 e. The minimum Gasteiger partial charge on any atom is -0.335 e. The molecule has 1 aliphatic rings. The lowest BCUT2D eigenvalue weighted by molar-refractivity contribution is 0.598. The molecule has 122 valence electrons. The molecule has 1 aliphatic heterocycles. The summed E-state index contributed by atoms with van der Waals surface area (Å²) in [6.45, 7) is 2.10. The fourth-order valence-corrected chi connectivity index (χ4v) is 4.40. The number of nitrogens with zero attached hydrogens (tertiary/aromatic N) is 1. The van der Waals surface area contributed by atoms with Gasteiger partial charge in [-0.25, -0.2) is 4.39 Å². The Bertz CT molecular complexity index is 1000. The Morgan fingerprint density at radius 2 is 2.04 bits per heavy atom. The lowest BCUT2D eigenvalue weighted by Crippen LogP contribution is -2.36. The molecule has 2 heterocycles. The van der Waals surface area contributed by atoms with E-state index in [4.69, 9.17) is 11.6 Å². The molecule has 2 aromatic carbocycles. The quantitative estimate of drug-likeness (QED) is 0.569. The summed E-state index contributed by atoms with van der Waals surface area (Å²) >= 11 is 7.59. The summed E-state index contributed by atoms with van der Waals surface area (Å²) in [5.74, 6) is -0.237. The Morgan fingerprint density at radius 3 is 2.88 bits per heavy atom. The van der Waals surface area contributed by atoms with Crippen molar-refractivity contribution in [2.24, 2.45) is 0 Å². The second-order valence-corrected chi connectivity index (χ2v) is 7.47. The zero-order valence-electron chi connectivity index (χ0n) is 13.1. The predicted molar refractivity (Wildman–Crippen MR) is 99.4 cm³/mol. The van der Waals surface area contributed by atoms with E-state index in [0.717, 1.165) is 28.8 Å². The molecular weight excluding hydrogens is 345 g/mol. The topological polar surface area (TPSA) is 20.3 Å². The SMILES string of the molecule is CC1CCc2cc(F)ccc2N1c1csc2ccc(Cl)cc2c1=O. The normalized spacial score (nSPS) is 17.1. The number of benzene rings is 2. The van der Waals surface area contributed by atoms with Crippen LogP contribution < -0.4 is 10.3 Å². The highest BCUT2D eigenvalue weighted by Crippen LogP contribution is 2.37. The van der Waals surface area contributed by atoms with Crippen LogP contribution >= 0.6 is 22.9 Å². The Kier molecular flexibility index (Phi) is 3.82. The van der Waals surface area contributed by atoms with Gasteiger partial charge in [-0.1, -0.05) is 11.6 Å². The maximum atomic E-state index is 13.6. The second kappa shape index (κ2) is 5.87. The van der Waals surface area contributed by atoms with Gasteiger partial charge in [0.1, 0.15) is 11.5 Å². The summed E-state index contributed by atoms with van der Waals surface area (Å²) in [5, 5.41) is 3.08. The molecule has 0 spiro atoms. The molecule has 5 heteroatoms. The lowest BCUT2D eigenvalue weighted by Gasteiger charge is -2.36. The number of rotatable bonds is 1. The van der Waals surface area contributed by atoms with Crippen LogP contribution in [0, 0.1) is 5.82 Å². The molecule has 0 fully saturated rings. The average Bonchev–Trinajstić information content (AvgIpc) is 2.57. The molecule has 1 unspecified atom stereocenters. The number of hydrogen-bond acceptors (Lipinski definition) is 3. The fraction of sp³-hybridized carbons (Fsp3) is 0.211. The summed E-state index contributed by atoms with van der Waals surface area (Å²) in [7, 11) is 0. The largest absolute Gasteiger partial charge is 0.335 e. The summed E-state index contributed by atoms with van der Waals surface area (Å²) in [6.07, 6.45) is 1.70. The van der Waals surface area contributed by atoms with E-state index in [9.17, 15) is 9.18 Å². The summed E-state index contributed by atoms with van der Waals surface area (Å²) in [6, 6.07) is 10.4. The monoisotopic (exact) mass is 359 g/mol. The van der Waals surface area contributed by atoms with Crippen molar-refractivity contribution in [3.63, 3.8) is 0 Å². The van der Waals surface area contributed by atoms with E-state index in [1.165, 1.54) is 17.4 Å². The molecule has 1 aromatic heterocycles. The van der Waals surface area contributed by atoms with Crippen molar-refractivity contribution in [3.8, 4) is 0 Å². The second-order valence-electron chi connectivity index (χ2n) is 6.12. The van der Waals surface area contributed by atoms with Crippen molar-refractivity contribution in [2.75, 3.05) is 4.90 Å². The molecule has 0 N–H and O–H groups in total. The highest BCUT2D eigenvalue weighted by molar-refractivity contribution is 7.16. The van der Waals surface area contributed by atoms with Crippen LogP contribution in [0.4, 0.5) is 15.8 Å². The van der Waals surface area contributed by atoms with E-state index in [0.29, 0.717) is 16.1 Å². The molecule has 0 saturated heterocycles. The van der Waals surface area contributed by atoms with Crippen molar-refractivity contribution < 1.29 is 4.39 Å². The molecule has 0 radical (unpaired) electrons. The minimum absolute atomic E-state index is 0.0322. The van der Waals surface area contributed by atoms with Gasteiger partial charge in [0.25, 0.3) is 0 Å². The van der Waals surface area contributed by atoms with Crippen LogP contribution in [-0.2, 0) is 6.42 Å². The van der Waals surface area contributed by atoms with Crippen molar-refractivity contribution >= 4 is 44.4 Å². The van der Waals surface area contributed by atoms with Crippen LogP contribution in [0.2, 0.25) is 5.02 Å². The van der Waals surface area contributed by atoms with Crippen LogP contribution in [-0.4, -0.2) is 6.04 Å². The van der Waals surface area contributed by atoms with Gasteiger partial charge in [0, 0.05) is 32.2 Å². The van der Waals surface area contributed by atoms with E-state index in [1.54, 1.807) is 24.3 Å². The minimum atomic E-state index is -0.237. The Hall–Kier alpha value is -1.91. The number of fused-ring (bicyclic) bond motifs is 2. The first-order chi connectivity index (χ1) is 11.5. The number of anilines is 2. The van der Waals surface area contributed by atoms with Gasteiger partial charge in [0.15, 0.2) is 0 Å². The van der Waals surface area contributed by atoms with E-state index >= 15 is 0 Å². The van der Waals surface area contributed by atoms with Gasteiger partial charge in [-0.2, -0.15) is 0 Å². The van der Waals surface area contributed by atoms with Gasteiger partial charge >= 0.3 is 0 Å². The van der Waals surface area contributed by atoms with E-state index in [-0.39, 0.29) is 17.3 Å². The third-order valence-corrected chi connectivity index (χ3v) is 5.74. The molecule has 0 saturated carbocycles. The Morgan fingerprint density at radius 1 is 1.21 bits per heavy atom. The summed E-state index contributed by atoms with van der Waals surface area (Å²) in [4.78, 5) is 15.1. The summed E-state index contributed by atoms with van der Waals surface area (Å²) < 4.78 is 14.5. The third-order valence-electron chi connectivity index (χ3n) is 4.55. The zero-order valence-corrected chi connectivity index (χ0v) is 14.6. The van der Waals surface area contributed by atoms with E-state index in [2.05, 4.69) is 6.92 Å². The van der Waals surface area contributed by atoms with Gasteiger partial charge in [0.05, 0.1) is 0 Å². The maximum absolute atomic E-state index is 13.6. The maximum Gasteiger partial charge on any atom is 0.211 e. The highest BCUT2D eigenvalue weighted by atomic mass is 35.5. The molecule has 0 aliphatic carbocycles. The Labute approximate surface area is 148 Å². The highest BCUT2D eigenvalue weighted by Gasteiger charge is 2.27. The molecule has 0 amide bonds. The average molecular weight is 360 g/mol. The van der Waals surface area contributed by atoms with E-state index < -0.39 is 0 Å². The van der Waals surface area contributed by atoms with Gasteiger partial charge < -0.3 is 4.90 Å². The molecule has 3 aromatic rings. The van der Waals surface area contributed by atoms with Crippen LogP contribution in [0.25, 0.3) is 10.1 Å². The standard InChI is InChI=1S/C19H15ClFNOS/c1-11-2-3-12-8-14(21)5-6-16(12)22(11)17-10-24-18-7-4-13(20)9-15(18)19(17)23/h4-11H,2-3H2,1H3. The van der Waals surface area contributed by atoms with Gasteiger partial charge in [-0.05, 0) is 61.7 Å². The molecule has 24 heavy (non-hydrogen) atoms. The van der Waals surface area contributed by atoms with Crippen LogP contribution in [0.5, 0.6) is 0 Å². The third kappa shape index (κ3) is 2.50. The van der Waals surface area contributed by atoms with Crippen molar-refractivity contribution in [1.29, 1.82) is 0 Å². The fourth-order valence-electron chi connectivity index (χ4n) is 3.35. The molecule has 1 atom stereocenters. The van der Waals surface area contributed by atoms with Crippen LogP contribution in [0.3, 0.4) is 0 Å². The van der Waals surface area contributed by atoms with Crippen molar-refractivity contribution in [2.45, 2.75) is 25.8 Å². The van der Waals surface area contributed by atoms with Crippen LogP contribution in [0.15, 0.2) is 46.6 Å². The molecular formula is C19H15ClFNOS. The molecule has 2 nitrogen and oxygen atoms in total. The van der Waals surface area contributed by atoms with Gasteiger partial charge in [-0.3, -0.25) is 4.79 Å².